The Morgan fingerprint density at radius 1 is 1.14 bits per heavy atom. The quantitative estimate of drug-likeness (QED) is 0.839. The molecule has 1 N–H and O–H groups in total. The Bertz CT molecular complexity index is 316. The minimum Gasteiger partial charge on any atom is -0.372 e. The molecule has 0 radical (unpaired) electrons. The largest absolute Gasteiger partial charge is 0.372 e. The summed E-state index contributed by atoms with van der Waals surface area (Å²) in [4.78, 5) is 5.17. The van der Waals surface area contributed by atoms with Gasteiger partial charge in [0.05, 0.1) is 12.2 Å². The van der Waals surface area contributed by atoms with Crippen molar-refractivity contribution >= 4 is 0 Å². The molecule has 3 atom stereocenters. The van der Waals surface area contributed by atoms with Crippen molar-refractivity contribution in [2.24, 2.45) is 0 Å². The predicted molar refractivity (Wildman–Crippen MR) is 88.8 cm³/mol. The maximum Gasteiger partial charge on any atom is 0.0707 e. The van der Waals surface area contributed by atoms with Gasteiger partial charge in [-0.25, -0.2) is 0 Å². The van der Waals surface area contributed by atoms with Gasteiger partial charge in [-0.1, -0.05) is 6.92 Å². The summed E-state index contributed by atoms with van der Waals surface area (Å²) >= 11 is 0. The molecule has 0 aromatic heterocycles. The Morgan fingerprint density at radius 3 is 2.48 bits per heavy atom. The highest BCUT2D eigenvalue weighted by molar-refractivity contribution is 4.84. The number of piperazine rings is 1. The van der Waals surface area contributed by atoms with Crippen LogP contribution in [0.4, 0.5) is 0 Å². The van der Waals surface area contributed by atoms with E-state index in [0.29, 0.717) is 18.2 Å². The van der Waals surface area contributed by atoms with E-state index in [4.69, 9.17) is 4.74 Å². The highest BCUT2D eigenvalue weighted by atomic mass is 16.5. The summed E-state index contributed by atoms with van der Waals surface area (Å²) in [7, 11) is 0. The van der Waals surface area contributed by atoms with Gasteiger partial charge in [0.1, 0.15) is 0 Å². The van der Waals surface area contributed by atoms with Gasteiger partial charge in [-0.15, -0.1) is 0 Å². The molecule has 21 heavy (non-hydrogen) atoms. The second-order valence-electron chi connectivity index (χ2n) is 7.83. The van der Waals surface area contributed by atoms with Crippen molar-refractivity contribution in [3.8, 4) is 0 Å². The predicted octanol–water partition coefficient (Wildman–Crippen LogP) is 1.95. The normalized spacial score (nSPS) is 32.7. The molecule has 2 fully saturated rings. The number of nitrogens with zero attached hydrogens (tertiary/aromatic N) is 2. The van der Waals surface area contributed by atoms with E-state index in [9.17, 15) is 0 Å². The Kier molecular flexibility index (Phi) is 6.06. The molecular weight excluding hydrogens is 262 g/mol. The number of nitrogens with one attached hydrogen (secondary N) is 1. The highest BCUT2D eigenvalue weighted by Crippen LogP contribution is 2.22. The zero-order valence-electron chi connectivity index (χ0n) is 14.7. The fourth-order valence-corrected chi connectivity index (χ4v) is 3.48. The van der Waals surface area contributed by atoms with Crippen LogP contribution < -0.4 is 5.32 Å². The first-order valence-corrected chi connectivity index (χ1v) is 8.74. The first kappa shape index (κ1) is 17.2. The number of rotatable bonds is 5. The molecule has 0 bridgehead atoms. The SMILES string of the molecule is CCN1CCN(CC2CCC(CNC(C)(C)C)O2)CC1C. The summed E-state index contributed by atoms with van der Waals surface area (Å²) in [5.41, 5.74) is 0.188. The van der Waals surface area contributed by atoms with E-state index in [0.717, 1.165) is 13.1 Å². The average molecular weight is 297 g/mol. The first-order chi connectivity index (χ1) is 9.87. The summed E-state index contributed by atoms with van der Waals surface area (Å²) < 4.78 is 6.23. The summed E-state index contributed by atoms with van der Waals surface area (Å²) in [5.74, 6) is 0. The Labute approximate surface area is 131 Å². The third kappa shape index (κ3) is 5.51. The zero-order chi connectivity index (χ0) is 15.5. The van der Waals surface area contributed by atoms with E-state index in [1.165, 1.54) is 39.0 Å². The molecule has 0 spiro atoms. The van der Waals surface area contributed by atoms with E-state index < -0.39 is 0 Å². The van der Waals surface area contributed by atoms with E-state index in [1.807, 2.05) is 0 Å². The van der Waals surface area contributed by atoms with Crippen LogP contribution in [0.2, 0.25) is 0 Å². The van der Waals surface area contributed by atoms with Crippen LogP contribution in [0.15, 0.2) is 0 Å². The summed E-state index contributed by atoms with van der Waals surface area (Å²) in [5, 5.41) is 3.56. The van der Waals surface area contributed by atoms with Gasteiger partial charge in [0.15, 0.2) is 0 Å². The van der Waals surface area contributed by atoms with Crippen LogP contribution in [-0.2, 0) is 4.74 Å². The van der Waals surface area contributed by atoms with Gasteiger partial charge >= 0.3 is 0 Å². The third-order valence-electron chi connectivity index (χ3n) is 4.77. The van der Waals surface area contributed by atoms with Crippen molar-refractivity contribution in [1.82, 2.24) is 15.1 Å². The molecule has 0 aliphatic carbocycles. The lowest BCUT2D eigenvalue weighted by Crippen LogP contribution is -2.53. The maximum atomic E-state index is 6.23. The van der Waals surface area contributed by atoms with Crippen LogP contribution in [0.1, 0.15) is 47.5 Å². The number of likely N-dealkylation sites (N-methyl/N-ethyl adjacent to an activating group) is 1. The molecule has 2 aliphatic rings. The lowest BCUT2D eigenvalue weighted by atomic mass is 10.1. The molecule has 0 amide bonds. The number of ether oxygens (including phenoxy) is 1. The van der Waals surface area contributed by atoms with Gasteiger partial charge in [0, 0.05) is 44.3 Å². The van der Waals surface area contributed by atoms with E-state index in [-0.39, 0.29) is 5.54 Å². The monoisotopic (exact) mass is 297 g/mol. The molecule has 2 aliphatic heterocycles. The molecule has 0 aromatic rings. The average Bonchev–Trinajstić information content (AvgIpc) is 2.83. The van der Waals surface area contributed by atoms with Crippen molar-refractivity contribution < 1.29 is 4.74 Å². The molecule has 4 heteroatoms. The molecule has 2 heterocycles. The minimum absolute atomic E-state index is 0.188. The van der Waals surface area contributed by atoms with Gasteiger partial charge in [0.25, 0.3) is 0 Å². The molecule has 3 unspecified atom stereocenters. The van der Waals surface area contributed by atoms with Gasteiger partial charge in [-0.3, -0.25) is 9.80 Å². The Morgan fingerprint density at radius 2 is 1.86 bits per heavy atom. The molecule has 0 aromatic carbocycles. The number of hydrogen-bond acceptors (Lipinski definition) is 4. The van der Waals surface area contributed by atoms with E-state index in [1.54, 1.807) is 0 Å². The molecule has 0 saturated carbocycles. The van der Waals surface area contributed by atoms with Gasteiger partial charge < -0.3 is 10.1 Å². The van der Waals surface area contributed by atoms with Gasteiger partial charge in [-0.05, 0) is 47.1 Å². The molecule has 124 valence electrons. The fraction of sp³-hybridized carbons (Fsp3) is 1.00. The third-order valence-corrected chi connectivity index (χ3v) is 4.77. The molecular formula is C17H35N3O. The summed E-state index contributed by atoms with van der Waals surface area (Å²) in [6.45, 7) is 18.1. The van der Waals surface area contributed by atoms with Crippen molar-refractivity contribution in [2.45, 2.75) is 71.2 Å². The standard InChI is InChI=1S/C17H35N3O/c1-6-20-10-9-19(12-14(20)2)13-16-8-7-15(21-16)11-18-17(3,4)5/h14-16,18H,6-13H2,1-5H3. The Hall–Kier alpha value is -0.160. The van der Waals surface area contributed by atoms with Gasteiger partial charge in [-0.2, -0.15) is 0 Å². The Balaban J connectivity index is 1.68. The highest BCUT2D eigenvalue weighted by Gasteiger charge is 2.30. The lowest BCUT2D eigenvalue weighted by molar-refractivity contribution is 0.00255. The minimum atomic E-state index is 0.188. The van der Waals surface area contributed by atoms with Crippen LogP contribution in [-0.4, -0.2) is 72.9 Å². The van der Waals surface area contributed by atoms with Crippen molar-refractivity contribution in [2.75, 3.05) is 39.3 Å². The van der Waals surface area contributed by atoms with Crippen molar-refractivity contribution in [3.05, 3.63) is 0 Å². The second-order valence-corrected chi connectivity index (χ2v) is 7.83. The summed E-state index contributed by atoms with van der Waals surface area (Å²) in [6, 6.07) is 0.684. The van der Waals surface area contributed by atoms with Gasteiger partial charge in [0.2, 0.25) is 0 Å². The molecule has 2 saturated heterocycles. The van der Waals surface area contributed by atoms with Crippen molar-refractivity contribution in [3.63, 3.8) is 0 Å². The fourth-order valence-electron chi connectivity index (χ4n) is 3.48. The summed E-state index contributed by atoms with van der Waals surface area (Å²) in [6.07, 6.45) is 3.28. The van der Waals surface area contributed by atoms with Crippen LogP contribution in [0.5, 0.6) is 0 Å². The van der Waals surface area contributed by atoms with E-state index in [2.05, 4.69) is 49.7 Å². The number of hydrogen-bond donors (Lipinski definition) is 1. The first-order valence-electron chi connectivity index (χ1n) is 8.74. The van der Waals surface area contributed by atoms with Crippen LogP contribution >= 0.6 is 0 Å². The van der Waals surface area contributed by atoms with E-state index >= 15 is 0 Å². The second kappa shape index (κ2) is 7.40. The topological polar surface area (TPSA) is 27.7 Å². The molecule has 4 nitrogen and oxygen atoms in total. The molecule has 2 rings (SSSR count). The zero-order valence-corrected chi connectivity index (χ0v) is 14.7. The van der Waals surface area contributed by atoms with Crippen molar-refractivity contribution in [1.29, 1.82) is 0 Å². The lowest BCUT2D eigenvalue weighted by Gasteiger charge is -2.40. The smallest absolute Gasteiger partial charge is 0.0707 e. The van der Waals surface area contributed by atoms with Crippen LogP contribution in [0.25, 0.3) is 0 Å². The van der Waals surface area contributed by atoms with Crippen LogP contribution in [0.3, 0.4) is 0 Å². The van der Waals surface area contributed by atoms with Crippen LogP contribution in [0, 0.1) is 0 Å². The maximum absolute atomic E-state index is 6.23.